The van der Waals surface area contributed by atoms with E-state index in [1.165, 1.54) is 12.8 Å². The Hall–Kier alpha value is -0.0800. The van der Waals surface area contributed by atoms with Crippen molar-refractivity contribution in [3.63, 3.8) is 0 Å². The Labute approximate surface area is 76.7 Å². The lowest BCUT2D eigenvalue weighted by Gasteiger charge is -2.22. The van der Waals surface area contributed by atoms with Crippen LogP contribution in [0.15, 0.2) is 0 Å². The second-order valence-electron chi connectivity index (χ2n) is 3.30. The maximum Gasteiger partial charge on any atom is 0.0465 e. The summed E-state index contributed by atoms with van der Waals surface area (Å²) in [6.07, 6.45) is 2.40. The fourth-order valence-electron chi connectivity index (χ4n) is 1.57. The predicted molar refractivity (Wildman–Crippen MR) is 53.4 cm³/mol. The summed E-state index contributed by atoms with van der Waals surface area (Å²) >= 11 is 0. The molecule has 0 fully saturated rings. The van der Waals surface area contributed by atoms with Gasteiger partial charge in [-0.15, -0.1) is 0 Å². The van der Waals surface area contributed by atoms with Gasteiger partial charge in [-0.3, -0.25) is 0 Å². The largest absolute Gasteiger partial charge is 0.385 e. The molecule has 2 atom stereocenters. The van der Waals surface area contributed by atoms with Crippen LogP contribution in [0.4, 0.5) is 0 Å². The van der Waals surface area contributed by atoms with Gasteiger partial charge in [0, 0.05) is 19.8 Å². The number of ether oxygens (including phenoxy) is 1. The molecule has 1 N–H and O–H groups in total. The molecule has 0 amide bonds. The third kappa shape index (κ3) is 4.73. The fraction of sp³-hybridized carbons (Fsp3) is 1.00. The summed E-state index contributed by atoms with van der Waals surface area (Å²) in [5, 5.41) is 3.45. The van der Waals surface area contributed by atoms with E-state index in [9.17, 15) is 0 Å². The van der Waals surface area contributed by atoms with Crippen LogP contribution in [0, 0.1) is 5.92 Å². The van der Waals surface area contributed by atoms with E-state index in [0.29, 0.717) is 6.04 Å². The summed E-state index contributed by atoms with van der Waals surface area (Å²) in [7, 11) is 1.77. The molecule has 0 aromatic rings. The van der Waals surface area contributed by atoms with E-state index in [4.69, 9.17) is 4.74 Å². The van der Waals surface area contributed by atoms with Crippen molar-refractivity contribution in [3.8, 4) is 0 Å². The van der Waals surface area contributed by atoms with Gasteiger partial charge in [0.25, 0.3) is 0 Å². The number of rotatable bonds is 7. The summed E-state index contributed by atoms with van der Waals surface area (Å²) < 4.78 is 5.07. The molecule has 0 saturated carbocycles. The molecule has 0 aliphatic rings. The molecule has 0 saturated heterocycles. The van der Waals surface area contributed by atoms with Crippen LogP contribution in [0.25, 0.3) is 0 Å². The summed E-state index contributed by atoms with van der Waals surface area (Å²) in [5.74, 6) is 0.755. The summed E-state index contributed by atoms with van der Waals surface area (Å²) in [5.41, 5.74) is 0. The Balaban J connectivity index is 3.62. The molecule has 2 unspecified atom stereocenters. The predicted octanol–water partition coefficient (Wildman–Crippen LogP) is 2.05. The van der Waals surface area contributed by atoms with E-state index in [-0.39, 0.29) is 0 Å². The van der Waals surface area contributed by atoms with E-state index in [2.05, 4.69) is 26.1 Å². The molecule has 12 heavy (non-hydrogen) atoms. The molecule has 2 heteroatoms. The Morgan fingerprint density at radius 2 is 2.00 bits per heavy atom. The van der Waals surface area contributed by atoms with Crippen LogP contribution in [-0.2, 0) is 4.74 Å². The van der Waals surface area contributed by atoms with Gasteiger partial charge in [0.15, 0.2) is 0 Å². The monoisotopic (exact) mass is 173 g/mol. The summed E-state index contributed by atoms with van der Waals surface area (Å²) in [4.78, 5) is 0. The molecule has 0 heterocycles. The van der Waals surface area contributed by atoms with Gasteiger partial charge in [0.2, 0.25) is 0 Å². The third-order valence-electron chi connectivity index (χ3n) is 2.45. The van der Waals surface area contributed by atoms with Crippen molar-refractivity contribution in [2.45, 2.75) is 39.7 Å². The second kappa shape index (κ2) is 7.56. The molecule has 2 nitrogen and oxygen atoms in total. The number of methoxy groups -OCH3 is 1. The van der Waals surface area contributed by atoms with Gasteiger partial charge in [-0.1, -0.05) is 20.3 Å². The lowest BCUT2D eigenvalue weighted by Crippen LogP contribution is -2.33. The summed E-state index contributed by atoms with van der Waals surface area (Å²) in [6, 6.07) is 0.621. The zero-order valence-electron chi connectivity index (χ0n) is 8.89. The van der Waals surface area contributed by atoms with E-state index in [1.54, 1.807) is 7.11 Å². The van der Waals surface area contributed by atoms with Gasteiger partial charge in [-0.25, -0.2) is 0 Å². The molecule has 0 spiro atoms. The highest BCUT2D eigenvalue weighted by Crippen LogP contribution is 2.12. The molecule has 74 valence electrons. The fourth-order valence-corrected chi connectivity index (χ4v) is 1.57. The van der Waals surface area contributed by atoms with Crippen LogP contribution >= 0.6 is 0 Å². The van der Waals surface area contributed by atoms with Gasteiger partial charge >= 0.3 is 0 Å². The molecule has 0 aromatic heterocycles. The molecular formula is C10H23NO. The lowest BCUT2D eigenvalue weighted by atomic mass is 9.95. The van der Waals surface area contributed by atoms with E-state index in [0.717, 1.165) is 19.1 Å². The minimum absolute atomic E-state index is 0.621. The Bertz CT molecular complexity index is 95.8. The van der Waals surface area contributed by atoms with Crippen LogP contribution in [0.5, 0.6) is 0 Å². The highest BCUT2D eigenvalue weighted by atomic mass is 16.5. The quantitative estimate of drug-likeness (QED) is 0.636. The first-order valence-corrected chi connectivity index (χ1v) is 4.98. The zero-order chi connectivity index (χ0) is 9.40. The zero-order valence-corrected chi connectivity index (χ0v) is 8.89. The minimum atomic E-state index is 0.621. The topological polar surface area (TPSA) is 21.3 Å². The average molecular weight is 173 g/mol. The minimum Gasteiger partial charge on any atom is -0.385 e. The Kier molecular flexibility index (Phi) is 7.51. The van der Waals surface area contributed by atoms with E-state index in [1.807, 2.05) is 0 Å². The van der Waals surface area contributed by atoms with E-state index < -0.39 is 0 Å². The molecule has 0 aliphatic heterocycles. The highest BCUT2D eigenvalue weighted by molar-refractivity contribution is 4.70. The normalized spacial score (nSPS) is 16.0. The number of nitrogens with one attached hydrogen (secondary N) is 1. The van der Waals surface area contributed by atoms with Gasteiger partial charge in [-0.05, 0) is 25.8 Å². The van der Waals surface area contributed by atoms with Crippen LogP contribution in [0.3, 0.4) is 0 Å². The highest BCUT2D eigenvalue weighted by Gasteiger charge is 2.13. The van der Waals surface area contributed by atoms with E-state index >= 15 is 0 Å². The first-order valence-electron chi connectivity index (χ1n) is 4.98. The van der Waals surface area contributed by atoms with Crippen molar-refractivity contribution in [2.75, 3.05) is 20.3 Å². The lowest BCUT2D eigenvalue weighted by molar-refractivity contribution is 0.166. The Morgan fingerprint density at radius 3 is 2.42 bits per heavy atom. The molecular weight excluding hydrogens is 150 g/mol. The molecule has 0 aliphatic carbocycles. The van der Waals surface area contributed by atoms with Crippen molar-refractivity contribution < 1.29 is 4.74 Å². The van der Waals surface area contributed by atoms with Crippen molar-refractivity contribution in [3.05, 3.63) is 0 Å². The number of hydrogen-bond donors (Lipinski definition) is 1. The van der Waals surface area contributed by atoms with Crippen LogP contribution in [0.2, 0.25) is 0 Å². The van der Waals surface area contributed by atoms with Gasteiger partial charge < -0.3 is 10.1 Å². The van der Waals surface area contributed by atoms with Crippen molar-refractivity contribution in [1.82, 2.24) is 5.32 Å². The first kappa shape index (κ1) is 11.9. The van der Waals surface area contributed by atoms with Gasteiger partial charge in [-0.2, -0.15) is 0 Å². The van der Waals surface area contributed by atoms with Crippen molar-refractivity contribution >= 4 is 0 Å². The molecule has 0 bridgehead atoms. The van der Waals surface area contributed by atoms with Crippen LogP contribution in [0.1, 0.15) is 33.6 Å². The van der Waals surface area contributed by atoms with Crippen LogP contribution < -0.4 is 5.32 Å². The average Bonchev–Trinajstić information content (AvgIpc) is 2.06. The SMILES string of the molecule is CCNC(C)C(CC)CCOC. The maximum absolute atomic E-state index is 5.07. The van der Waals surface area contributed by atoms with Crippen molar-refractivity contribution in [1.29, 1.82) is 0 Å². The molecule has 0 rings (SSSR count). The smallest absolute Gasteiger partial charge is 0.0465 e. The Morgan fingerprint density at radius 1 is 1.33 bits per heavy atom. The molecule has 0 aromatic carbocycles. The maximum atomic E-state index is 5.07. The van der Waals surface area contributed by atoms with Gasteiger partial charge in [0.1, 0.15) is 0 Å². The second-order valence-corrected chi connectivity index (χ2v) is 3.30. The van der Waals surface area contributed by atoms with Crippen LogP contribution in [-0.4, -0.2) is 26.3 Å². The van der Waals surface area contributed by atoms with Crippen molar-refractivity contribution in [2.24, 2.45) is 5.92 Å². The van der Waals surface area contributed by atoms with Gasteiger partial charge in [0.05, 0.1) is 0 Å². The summed E-state index contributed by atoms with van der Waals surface area (Å²) in [6.45, 7) is 8.60. The molecule has 0 radical (unpaired) electrons. The standard InChI is InChI=1S/C10H23NO/c1-5-10(7-8-12-4)9(3)11-6-2/h9-11H,5-8H2,1-4H3. The first-order chi connectivity index (χ1) is 5.76. The number of hydrogen-bond acceptors (Lipinski definition) is 2. The third-order valence-corrected chi connectivity index (χ3v) is 2.45.